The Morgan fingerprint density at radius 1 is 1.12 bits per heavy atom. The SMILES string of the molecule is CCOc1cc([N+](=O)[O-])c(C(=O)OC(C)c2nnc(-c3ccc(OC)cc3)o2)cc1OC. The minimum Gasteiger partial charge on any atom is -0.497 e. The number of hydrogen-bond donors (Lipinski definition) is 0. The highest BCUT2D eigenvalue weighted by Crippen LogP contribution is 2.36. The van der Waals surface area contributed by atoms with Crippen molar-refractivity contribution in [1.29, 1.82) is 0 Å². The van der Waals surface area contributed by atoms with E-state index in [1.165, 1.54) is 20.1 Å². The highest BCUT2D eigenvalue weighted by Gasteiger charge is 2.28. The number of rotatable bonds is 9. The van der Waals surface area contributed by atoms with Crippen molar-refractivity contribution in [1.82, 2.24) is 10.2 Å². The zero-order chi connectivity index (χ0) is 23.3. The topological polar surface area (TPSA) is 136 Å². The summed E-state index contributed by atoms with van der Waals surface area (Å²) < 4.78 is 26.6. The molecule has 1 unspecified atom stereocenters. The minimum atomic E-state index is -0.959. The normalized spacial score (nSPS) is 11.5. The fraction of sp³-hybridized carbons (Fsp3) is 0.286. The number of nitrogens with zero attached hydrogens (tertiary/aromatic N) is 3. The van der Waals surface area contributed by atoms with Crippen LogP contribution in [0.4, 0.5) is 5.69 Å². The second-order valence-electron chi connectivity index (χ2n) is 6.43. The fourth-order valence-electron chi connectivity index (χ4n) is 2.82. The predicted molar refractivity (Wildman–Crippen MR) is 111 cm³/mol. The number of carbonyl (C=O) groups excluding carboxylic acids is 1. The van der Waals surface area contributed by atoms with Gasteiger partial charge in [-0.15, -0.1) is 10.2 Å². The Morgan fingerprint density at radius 2 is 1.84 bits per heavy atom. The number of aromatic nitrogens is 2. The molecule has 3 aromatic rings. The third kappa shape index (κ3) is 4.77. The number of hydrogen-bond acceptors (Lipinski definition) is 10. The van der Waals surface area contributed by atoms with Crippen LogP contribution in [-0.4, -0.2) is 41.9 Å². The lowest BCUT2D eigenvalue weighted by molar-refractivity contribution is -0.385. The quantitative estimate of drug-likeness (QED) is 0.271. The Bertz CT molecular complexity index is 1110. The lowest BCUT2D eigenvalue weighted by atomic mass is 10.1. The van der Waals surface area contributed by atoms with Crippen molar-refractivity contribution >= 4 is 11.7 Å². The molecule has 1 aromatic heterocycles. The van der Waals surface area contributed by atoms with Crippen molar-refractivity contribution < 1.29 is 33.1 Å². The molecule has 0 saturated heterocycles. The van der Waals surface area contributed by atoms with Crippen LogP contribution in [0.3, 0.4) is 0 Å². The van der Waals surface area contributed by atoms with Crippen LogP contribution < -0.4 is 14.2 Å². The van der Waals surface area contributed by atoms with Gasteiger partial charge in [-0.2, -0.15) is 0 Å². The van der Waals surface area contributed by atoms with Crippen LogP contribution in [0.5, 0.6) is 17.2 Å². The summed E-state index contributed by atoms with van der Waals surface area (Å²) in [4.78, 5) is 23.5. The van der Waals surface area contributed by atoms with Crippen LogP contribution in [0, 0.1) is 10.1 Å². The smallest absolute Gasteiger partial charge is 0.346 e. The number of nitro groups is 1. The van der Waals surface area contributed by atoms with E-state index in [2.05, 4.69) is 10.2 Å². The third-order valence-electron chi connectivity index (χ3n) is 4.41. The fourth-order valence-corrected chi connectivity index (χ4v) is 2.82. The molecule has 2 aromatic carbocycles. The van der Waals surface area contributed by atoms with Gasteiger partial charge in [-0.25, -0.2) is 4.79 Å². The maximum absolute atomic E-state index is 12.7. The van der Waals surface area contributed by atoms with Gasteiger partial charge in [-0.3, -0.25) is 10.1 Å². The lowest BCUT2D eigenvalue weighted by Gasteiger charge is -2.13. The Balaban J connectivity index is 1.82. The van der Waals surface area contributed by atoms with Crippen LogP contribution in [0.25, 0.3) is 11.5 Å². The van der Waals surface area contributed by atoms with E-state index in [1.807, 2.05) is 0 Å². The molecule has 0 aliphatic carbocycles. The van der Waals surface area contributed by atoms with Crippen molar-refractivity contribution in [3.63, 3.8) is 0 Å². The van der Waals surface area contributed by atoms with Crippen LogP contribution in [0.2, 0.25) is 0 Å². The number of esters is 1. The van der Waals surface area contributed by atoms with E-state index in [1.54, 1.807) is 38.3 Å². The first-order valence-electron chi connectivity index (χ1n) is 9.55. The van der Waals surface area contributed by atoms with E-state index in [4.69, 9.17) is 23.4 Å². The number of carbonyl (C=O) groups is 1. The van der Waals surface area contributed by atoms with Crippen LogP contribution in [0.15, 0.2) is 40.8 Å². The second kappa shape index (κ2) is 9.77. The average Bonchev–Trinajstić information content (AvgIpc) is 3.29. The lowest BCUT2D eigenvalue weighted by Crippen LogP contribution is -2.12. The molecule has 0 bridgehead atoms. The Hall–Kier alpha value is -4.15. The molecular formula is C21H21N3O8. The van der Waals surface area contributed by atoms with Gasteiger partial charge in [0.05, 0.1) is 31.8 Å². The molecule has 11 heteroatoms. The van der Waals surface area contributed by atoms with Crippen molar-refractivity contribution in [2.75, 3.05) is 20.8 Å². The van der Waals surface area contributed by atoms with Gasteiger partial charge in [-0.1, -0.05) is 0 Å². The second-order valence-corrected chi connectivity index (χ2v) is 6.43. The van der Waals surface area contributed by atoms with Crippen LogP contribution >= 0.6 is 0 Å². The van der Waals surface area contributed by atoms with E-state index in [0.29, 0.717) is 11.3 Å². The molecule has 0 saturated carbocycles. The van der Waals surface area contributed by atoms with Gasteiger partial charge >= 0.3 is 5.97 Å². The van der Waals surface area contributed by atoms with E-state index in [0.717, 1.165) is 6.07 Å². The summed E-state index contributed by atoms with van der Waals surface area (Å²) in [5.41, 5.74) is -0.122. The molecule has 0 radical (unpaired) electrons. The maximum atomic E-state index is 12.7. The number of ether oxygens (including phenoxy) is 4. The summed E-state index contributed by atoms with van der Waals surface area (Å²) in [6.45, 7) is 3.50. The Kier molecular flexibility index (Phi) is 6.88. The Labute approximate surface area is 183 Å². The van der Waals surface area contributed by atoms with Gasteiger partial charge in [0.25, 0.3) is 11.6 Å². The molecule has 1 heterocycles. The van der Waals surface area contributed by atoms with E-state index >= 15 is 0 Å². The molecule has 0 amide bonds. The van der Waals surface area contributed by atoms with Crippen molar-refractivity contribution in [2.45, 2.75) is 20.0 Å². The minimum absolute atomic E-state index is 0.0322. The molecule has 168 valence electrons. The first-order valence-corrected chi connectivity index (χ1v) is 9.55. The maximum Gasteiger partial charge on any atom is 0.346 e. The molecule has 0 N–H and O–H groups in total. The molecule has 32 heavy (non-hydrogen) atoms. The van der Waals surface area contributed by atoms with Gasteiger partial charge in [-0.05, 0) is 38.1 Å². The van der Waals surface area contributed by atoms with Crippen molar-refractivity contribution in [3.05, 3.63) is 58.0 Å². The average molecular weight is 443 g/mol. The Morgan fingerprint density at radius 3 is 2.44 bits per heavy atom. The summed E-state index contributed by atoms with van der Waals surface area (Å²) >= 11 is 0. The molecule has 11 nitrogen and oxygen atoms in total. The van der Waals surface area contributed by atoms with Crippen molar-refractivity contribution in [3.8, 4) is 28.7 Å². The molecule has 1 atom stereocenters. The van der Waals surface area contributed by atoms with Crippen LogP contribution in [0.1, 0.15) is 36.2 Å². The monoisotopic (exact) mass is 443 g/mol. The number of methoxy groups -OCH3 is 2. The van der Waals surface area contributed by atoms with Gasteiger partial charge in [0, 0.05) is 11.6 Å². The van der Waals surface area contributed by atoms with Crippen LogP contribution in [-0.2, 0) is 4.74 Å². The summed E-state index contributed by atoms with van der Waals surface area (Å²) in [7, 11) is 2.92. The molecule has 3 rings (SSSR count). The van der Waals surface area contributed by atoms with E-state index in [9.17, 15) is 14.9 Å². The zero-order valence-corrected chi connectivity index (χ0v) is 17.9. The summed E-state index contributed by atoms with van der Waals surface area (Å²) in [5.74, 6) is 0.283. The first kappa shape index (κ1) is 22.5. The number of benzene rings is 2. The first-order chi connectivity index (χ1) is 15.4. The third-order valence-corrected chi connectivity index (χ3v) is 4.41. The summed E-state index contributed by atoms with van der Waals surface area (Å²) in [6, 6.07) is 9.28. The summed E-state index contributed by atoms with van der Waals surface area (Å²) in [6.07, 6.45) is -0.959. The van der Waals surface area contributed by atoms with Gasteiger partial charge in [0.1, 0.15) is 11.3 Å². The van der Waals surface area contributed by atoms with Gasteiger partial charge < -0.3 is 23.4 Å². The highest BCUT2D eigenvalue weighted by atomic mass is 16.6. The molecule has 0 aliphatic rings. The van der Waals surface area contributed by atoms with Crippen molar-refractivity contribution in [2.24, 2.45) is 0 Å². The number of nitro benzene ring substituents is 1. The molecule has 0 spiro atoms. The standard InChI is InChI=1S/C21H21N3O8/c1-5-30-18-11-16(24(26)27)15(10-17(18)29-4)21(25)31-12(2)19-22-23-20(32-19)13-6-8-14(28-3)9-7-13/h6-12H,5H2,1-4H3. The molecule has 0 fully saturated rings. The predicted octanol–water partition coefficient (Wildman–Crippen LogP) is 3.98. The van der Waals surface area contributed by atoms with E-state index < -0.39 is 22.7 Å². The van der Waals surface area contributed by atoms with Gasteiger partial charge in [0.15, 0.2) is 17.6 Å². The molecular weight excluding hydrogens is 422 g/mol. The van der Waals surface area contributed by atoms with E-state index in [-0.39, 0.29) is 35.5 Å². The molecule has 0 aliphatic heterocycles. The summed E-state index contributed by atoms with van der Waals surface area (Å²) in [5, 5.41) is 19.4. The largest absolute Gasteiger partial charge is 0.497 e. The highest BCUT2D eigenvalue weighted by molar-refractivity contribution is 5.95. The zero-order valence-electron chi connectivity index (χ0n) is 17.9. The van der Waals surface area contributed by atoms with Gasteiger partial charge in [0.2, 0.25) is 5.89 Å².